The molecular weight excluding hydrogens is 219 g/mol. The minimum absolute atomic E-state index is 0.240. The number of benzene rings is 1. The van der Waals surface area contributed by atoms with Crippen LogP contribution in [0.4, 0.5) is 0 Å². The Hall–Kier alpha value is -1.31. The minimum Gasteiger partial charge on any atom is -0.313 e. The number of hydrogen-bond donors (Lipinski definition) is 0. The van der Waals surface area contributed by atoms with Gasteiger partial charge in [0.25, 0.3) is 0 Å². The molecule has 18 heavy (non-hydrogen) atoms. The summed E-state index contributed by atoms with van der Waals surface area (Å²) in [6, 6.07) is 8.44. The van der Waals surface area contributed by atoms with Gasteiger partial charge >= 0.3 is 0 Å². The van der Waals surface area contributed by atoms with Crippen LogP contribution >= 0.6 is 0 Å². The van der Waals surface area contributed by atoms with Crippen molar-refractivity contribution in [3.8, 4) is 0 Å². The van der Waals surface area contributed by atoms with E-state index in [9.17, 15) is 4.79 Å². The second-order valence-corrected chi connectivity index (χ2v) is 4.68. The van der Waals surface area contributed by atoms with Crippen molar-refractivity contribution in [1.29, 1.82) is 0 Å². The summed E-state index contributed by atoms with van der Waals surface area (Å²) in [6.07, 6.45) is 4.34. The summed E-state index contributed by atoms with van der Waals surface area (Å²) >= 11 is 0. The molecule has 0 aliphatic heterocycles. The van der Waals surface area contributed by atoms with Crippen molar-refractivity contribution in [3.63, 3.8) is 0 Å². The maximum absolute atomic E-state index is 10.9. The van der Waals surface area contributed by atoms with Crippen LogP contribution in [0.15, 0.2) is 30.3 Å². The van der Waals surface area contributed by atoms with Crippen molar-refractivity contribution in [2.75, 3.05) is 0 Å². The molecule has 0 saturated heterocycles. The van der Waals surface area contributed by atoms with Crippen molar-refractivity contribution in [3.05, 3.63) is 41.5 Å². The topological polar surface area (TPSA) is 17.1 Å². The van der Waals surface area contributed by atoms with E-state index in [-0.39, 0.29) is 5.68 Å². The van der Waals surface area contributed by atoms with Gasteiger partial charge in [-0.05, 0) is 48.8 Å². The van der Waals surface area contributed by atoms with E-state index in [0.29, 0.717) is 12.3 Å². The third-order valence-electron chi connectivity index (χ3n) is 3.44. The smallest absolute Gasteiger partial charge is 0.167 e. The molecule has 1 aromatic rings. The zero-order valence-corrected chi connectivity index (χ0v) is 11.6. The molecular formula is C16H21BO. The normalized spacial score (nSPS) is 13.4. The van der Waals surface area contributed by atoms with Crippen molar-refractivity contribution in [2.45, 2.75) is 46.0 Å². The molecule has 1 atom stereocenters. The SMILES string of the molecule is [B]C(=O)CC/C(=C/C)c1ccccc1C(C)CC. The second-order valence-electron chi connectivity index (χ2n) is 4.68. The van der Waals surface area contributed by atoms with Crippen LogP contribution in [-0.4, -0.2) is 13.5 Å². The van der Waals surface area contributed by atoms with Gasteiger partial charge in [-0.15, -0.1) is 0 Å². The fraction of sp³-hybridized carbons (Fsp3) is 0.438. The Morgan fingerprint density at radius 2 is 2.00 bits per heavy atom. The molecule has 94 valence electrons. The van der Waals surface area contributed by atoms with Gasteiger partial charge in [0.2, 0.25) is 0 Å². The van der Waals surface area contributed by atoms with Crippen molar-refractivity contribution < 1.29 is 4.79 Å². The molecule has 0 heterocycles. The quantitative estimate of drug-likeness (QED) is 0.684. The molecule has 2 heteroatoms. The second kappa shape index (κ2) is 7.20. The molecule has 2 radical (unpaired) electrons. The maximum Gasteiger partial charge on any atom is 0.167 e. The van der Waals surface area contributed by atoms with Crippen LogP contribution in [0.5, 0.6) is 0 Å². The lowest BCUT2D eigenvalue weighted by molar-refractivity contribution is -0.111. The molecule has 0 fully saturated rings. The summed E-state index contributed by atoms with van der Waals surface area (Å²) in [4.78, 5) is 10.9. The highest BCUT2D eigenvalue weighted by atomic mass is 16.1. The van der Waals surface area contributed by atoms with Gasteiger partial charge in [0.05, 0.1) is 5.68 Å². The monoisotopic (exact) mass is 240 g/mol. The predicted molar refractivity (Wildman–Crippen MR) is 78.8 cm³/mol. The Morgan fingerprint density at radius 3 is 2.56 bits per heavy atom. The van der Waals surface area contributed by atoms with Gasteiger partial charge in [0.1, 0.15) is 0 Å². The van der Waals surface area contributed by atoms with E-state index in [1.165, 1.54) is 16.7 Å². The molecule has 0 amide bonds. The lowest BCUT2D eigenvalue weighted by Gasteiger charge is -2.17. The summed E-state index contributed by atoms with van der Waals surface area (Å²) < 4.78 is 0. The minimum atomic E-state index is -0.240. The van der Waals surface area contributed by atoms with Crippen molar-refractivity contribution >= 4 is 19.1 Å². The zero-order valence-electron chi connectivity index (χ0n) is 11.6. The molecule has 1 aromatic carbocycles. The van der Waals surface area contributed by atoms with E-state index >= 15 is 0 Å². The summed E-state index contributed by atoms with van der Waals surface area (Å²) in [7, 11) is 5.23. The van der Waals surface area contributed by atoms with E-state index < -0.39 is 0 Å². The van der Waals surface area contributed by atoms with Crippen molar-refractivity contribution in [1.82, 2.24) is 0 Å². The molecule has 0 N–H and O–H groups in total. The van der Waals surface area contributed by atoms with Gasteiger partial charge in [-0.1, -0.05) is 44.2 Å². The van der Waals surface area contributed by atoms with E-state index in [1.807, 2.05) is 6.92 Å². The highest BCUT2D eigenvalue weighted by Gasteiger charge is 2.11. The van der Waals surface area contributed by atoms with Crippen LogP contribution in [0.3, 0.4) is 0 Å². The molecule has 0 saturated carbocycles. The maximum atomic E-state index is 10.9. The van der Waals surface area contributed by atoms with Crippen LogP contribution in [-0.2, 0) is 4.79 Å². The summed E-state index contributed by atoms with van der Waals surface area (Å²) in [5, 5.41) is 0. The predicted octanol–water partition coefficient (Wildman–Crippen LogP) is 4.08. The van der Waals surface area contributed by atoms with E-state index in [0.717, 1.165) is 12.8 Å². The molecule has 1 nitrogen and oxygen atoms in total. The molecule has 0 aliphatic carbocycles. The summed E-state index contributed by atoms with van der Waals surface area (Å²) in [6.45, 7) is 6.45. The molecule has 1 rings (SSSR count). The molecule has 1 unspecified atom stereocenters. The molecule has 0 aromatic heterocycles. The Kier molecular flexibility index (Phi) is 5.90. The summed E-state index contributed by atoms with van der Waals surface area (Å²) in [5.41, 5.74) is 3.59. The van der Waals surface area contributed by atoms with Crippen LogP contribution in [0.25, 0.3) is 5.57 Å². The number of hydrogen-bond acceptors (Lipinski definition) is 1. The summed E-state index contributed by atoms with van der Waals surface area (Å²) in [5.74, 6) is 0.532. The number of carbonyl (C=O) groups is 1. The Balaban J connectivity index is 3.02. The first-order chi connectivity index (χ1) is 8.60. The largest absolute Gasteiger partial charge is 0.313 e. The van der Waals surface area contributed by atoms with Gasteiger partial charge in [-0.25, -0.2) is 0 Å². The van der Waals surface area contributed by atoms with E-state index in [2.05, 4.69) is 44.2 Å². The van der Waals surface area contributed by atoms with Gasteiger partial charge in [-0.3, -0.25) is 0 Å². The van der Waals surface area contributed by atoms with Crippen LogP contribution in [0, 0.1) is 0 Å². The lowest BCUT2D eigenvalue weighted by atomic mass is 9.86. The first-order valence-electron chi connectivity index (χ1n) is 6.62. The highest BCUT2D eigenvalue weighted by molar-refractivity contribution is 6.57. The van der Waals surface area contributed by atoms with Crippen LogP contribution < -0.4 is 0 Å². The van der Waals surface area contributed by atoms with Crippen molar-refractivity contribution in [2.24, 2.45) is 0 Å². The zero-order chi connectivity index (χ0) is 13.5. The Labute approximate surface area is 112 Å². The Bertz CT molecular complexity index is 434. The fourth-order valence-electron chi connectivity index (χ4n) is 2.13. The van der Waals surface area contributed by atoms with Crippen LogP contribution in [0.1, 0.15) is 57.1 Å². The average molecular weight is 240 g/mol. The lowest BCUT2D eigenvalue weighted by Crippen LogP contribution is -2.01. The third kappa shape index (κ3) is 3.87. The molecule has 0 spiro atoms. The highest BCUT2D eigenvalue weighted by Crippen LogP contribution is 2.30. The van der Waals surface area contributed by atoms with Gasteiger partial charge in [-0.2, -0.15) is 0 Å². The standard InChI is InChI=1S/C16H21BO/c1-4-12(3)14-8-6-7-9-15(14)13(5-2)10-11-16(17)18/h5-9,12H,4,10-11H2,1-3H3/b13-5-. The van der Waals surface area contributed by atoms with E-state index in [1.54, 1.807) is 0 Å². The van der Waals surface area contributed by atoms with E-state index in [4.69, 9.17) is 7.85 Å². The third-order valence-corrected chi connectivity index (χ3v) is 3.44. The van der Waals surface area contributed by atoms with Crippen LogP contribution in [0.2, 0.25) is 0 Å². The van der Waals surface area contributed by atoms with Gasteiger partial charge in [0.15, 0.2) is 7.85 Å². The number of rotatable bonds is 6. The number of allylic oxidation sites excluding steroid dienone is 2. The first-order valence-corrected chi connectivity index (χ1v) is 6.62. The molecule has 0 aliphatic rings. The molecule has 0 bridgehead atoms. The van der Waals surface area contributed by atoms with Gasteiger partial charge in [0, 0.05) is 0 Å². The Morgan fingerprint density at radius 1 is 1.33 bits per heavy atom. The van der Waals surface area contributed by atoms with Gasteiger partial charge < -0.3 is 4.79 Å². The fourth-order valence-corrected chi connectivity index (χ4v) is 2.13. The average Bonchev–Trinajstić information content (AvgIpc) is 2.38. The number of carbonyl (C=O) groups excluding carboxylic acids is 1. The first kappa shape index (κ1) is 14.8.